The molecule has 1 aliphatic heterocycles. The molecule has 140 valence electrons. The van der Waals surface area contributed by atoms with E-state index in [1.165, 1.54) is 6.07 Å². The lowest BCUT2D eigenvalue weighted by Crippen LogP contribution is -2.34. The maximum atomic E-state index is 13.7. The van der Waals surface area contributed by atoms with E-state index in [9.17, 15) is 17.6 Å². The number of aryl methyl sites for hydroxylation is 1. The third-order valence-corrected chi connectivity index (χ3v) is 5.33. The normalized spacial score (nSPS) is 20.3. The molecule has 1 aromatic heterocycles. The molecule has 1 fully saturated rings. The third-order valence-electron chi connectivity index (χ3n) is 5.05. The van der Waals surface area contributed by atoms with Gasteiger partial charge in [0, 0.05) is 19.0 Å². The minimum absolute atomic E-state index is 0.0402. The fraction of sp³-hybridized carbons (Fsp3) is 0.500. The van der Waals surface area contributed by atoms with Crippen molar-refractivity contribution in [3.05, 3.63) is 51.8 Å². The molecule has 1 unspecified atom stereocenters. The lowest BCUT2D eigenvalue weighted by atomic mass is 10.0. The molecule has 1 aliphatic carbocycles. The van der Waals surface area contributed by atoms with Crippen LogP contribution in [0.25, 0.3) is 0 Å². The second-order valence-electron chi connectivity index (χ2n) is 6.93. The zero-order chi connectivity index (χ0) is 18.5. The molecular formula is C18H18ClF4N3. The van der Waals surface area contributed by atoms with Gasteiger partial charge in [0.05, 0.1) is 17.3 Å². The summed E-state index contributed by atoms with van der Waals surface area (Å²) in [5.41, 5.74) is 0.243. The summed E-state index contributed by atoms with van der Waals surface area (Å²) in [6.45, 7) is 1.59. The number of rotatable bonds is 4. The van der Waals surface area contributed by atoms with Crippen LogP contribution >= 0.6 is 11.6 Å². The van der Waals surface area contributed by atoms with Gasteiger partial charge in [0.2, 0.25) is 0 Å². The lowest BCUT2D eigenvalue weighted by molar-refractivity contribution is -0.140. The second kappa shape index (κ2) is 6.53. The van der Waals surface area contributed by atoms with E-state index in [4.69, 9.17) is 11.6 Å². The molecule has 8 heteroatoms. The van der Waals surface area contributed by atoms with Gasteiger partial charge < -0.3 is 9.88 Å². The molecule has 2 heterocycles. The number of alkyl halides is 3. The molecule has 0 radical (unpaired) electrons. The Balaban J connectivity index is 1.51. The highest BCUT2D eigenvalue weighted by atomic mass is 35.5. The van der Waals surface area contributed by atoms with Gasteiger partial charge in [-0.1, -0.05) is 17.7 Å². The van der Waals surface area contributed by atoms with Gasteiger partial charge in [-0.25, -0.2) is 9.37 Å². The van der Waals surface area contributed by atoms with Gasteiger partial charge in [0.15, 0.2) is 5.15 Å². The average Bonchev–Trinajstić information content (AvgIpc) is 3.36. The van der Waals surface area contributed by atoms with E-state index < -0.39 is 17.6 Å². The summed E-state index contributed by atoms with van der Waals surface area (Å²) in [4.78, 5) is 4.52. The van der Waals surface area contributed by atoms with Crippen molar-refractivity contribution in [2.45, 2.75) is 50.4 Å². The van der Waals surface area contributed by atoms with Crippen molar-refractivity contribution in [2.75, 3.05) is 6.54 Å². The second-order valence-corrected chi connectivity index (χ2v) is 7.29. The van der Waals surface area contributed by atoms with E-state index in [1.807, 2.05) is 0 Å². The Morgan fingerprint density at radius 2 is 2.04 bits per heavy atom. The molecule has 0 saturated heterocycles. The summed E-state index contributed by atoms with van der Waals surface area (Å²) in [6.07, 6.45) is -1.34. The molecule has 1 aromatic carbocycles. The predicted molar refractivity (Wildman–Crippen MR) is 89.7 cm³/mol. The van der Waals surface area contributed by atoms with Gasteiger partial charge in [-0.2, -0.15) is 13.2 Å². The minimum Gasteiger partial charge on any atom is -0.328 e. The predicted octanol–water partition coefficient (Wildman–Crippen LogP) is 4.85. The van der Waals surface area contributed by atoms with Crippen LogP contribution in [0.1, 0.15) is 53.9 Å². The zero-order valence-electron chi connectivity index (χ0n) is 13.9. The number of aromatic nitrogens is 2. The number of imidazole rings is 1. The first-order valence-electron chi connectivity index (χ1n) is 8.69. The summed E-state index contributed by atoms with van der Waals surface area (Å²) in [5, 5.41) is 3.88. The van der Waals surface area contributed by atoms with Crippen LogP contribution in [0.4, 0.5) is 17.6 Å². The maximum Gasteiger partial charge on any atom is 0.419 e. The minimum atomic E-state index is -4.67. The summed E-state index contributed by atoms with van der Waals surface area (Å²) in [6, 6.07) is 3.08. The van der Waals surface area contributed by atoms with Crippen molar-refractivity contribution < 1.29 is 17.6 Å². The van der Waals surface area contributed by atoms with E-state index in [0.717, 1.165) is 49.6 Å². The summed E-state index contributed by atoms with van der Waals surface area (Å²) >= 11 is 6.35. The number of halogens is 5. The highest BCUT2D eigenvalue weighted by Crippen LogP contribution is 2.42. The van der Waals surface area contributed by atoms with Crippen molar-refractivity contribution in [3.63, 3.8) is 0 Å². The summed E-state index contributed by atoms with van der Waals surface area (Å²) in [7, 11) is 0. The van der Waals surface area contributed by atoms with E-state index in [1.54, 1.807) is 0 Å². The molecular weight excluding hydrogens is 370 g/mol. The fourth-order valence-corrected chi connectivity index (χ4v) is 3.93. The SMILES string of the molecule is Fc1cc(CCC2NCCn3c(C4CC4)nc(Cl)c32)ccc1C(F)(F)F. The van der Waals surface area contributed by atoms with Crippen LogP contribution in [0.3, 0.4) is 0 Å². The molecule has 0 amide bonds. The van der Waals surface area contributed by atoms with Gasteiger partial charge in [0.1, 0.15) is 11.6 Å². The number of benzene rings is 1. The molecule has 1 N–H and O–H groups in total. The Labute approximate surface area is 153 Å². The first-order valence-corrected chi connectivity index (χ1v) is 9.07. The molecule has 0 spiro atoms. The smallest absolute Gasteiger partial charge is 0.328 e. The van der Waals surface area contributed by atoms with Crippen LogP contribution in [0.5, 0.6) is 0 Å². The monoisotopic (exact) mass is 387 g/mol. The number of fused-ring (bicyclic) bond motifs is 1. The maximum absolute atomic E-state index is 13.7. The largest absolute Gasteiger partial charge is 0.419 e. The molecule has 1 atom stereocenters. The fourth-order valence-electron chi connectivity index (χ4n) is 3.61. The van der Waals surface area contributed by atoms with Crippen LogP contribution in [0.2, 0.25) is 5.15 Å². The number of nitrogens with zero attached hydrogens (tertiary/aromatic N) is 2. The van der Waals surface area contributed by atoms with Gasteiger partial charge in [-0.3, -0.25) is 0 Å². The Morgan fingerprint density at radius 1 is 1.27 bits per heavy atom. The van der Waals surface area contributed by atoms with E-state index in [-0.39, 0.29) is 6.04 Å². The van der Waals surface area contributed by atoms with E-state index in [2.05, 4.69) is 14.9 Å². The van der Waals surface area contributed by atoms with Gasteiger partial charge in [0.25, 0.3) is 0 Å². The Hall–Kier alpha value is -1.60. The van der Waals surface area contributed by atoms with Crippen LogP contribution in [-0.2, 0) is 19.1 Å². The summed E-state index contributed by atoms with van der Waals surface area (Å²) < 4.78 is 53.9. The topological polar surface area (TPSA) is 29.9 Å². The quantitative estimate of drug-likeness (QED) is 0.760. The van der Waals surface area contributed by atoms with E-state index in [0.29, 0.717) is 29.5 Å². The summed E-state index contributed by atoms with van der Waals surface area (Å²) in [5.74, 6) is 0.298. The first kappa shape index (κ1) is 17.8. The average molecular weight is 388 g/mol. The van der Waals surface area contributed by atoms with Crippen LogP contribution < -0.4 is 5.32 Å². The molecule has 1 saturated carbocycles. The van der Waals surface area contributed by atoms with Gasteiger partial charge in [-0.05, 0) is 43.4 Å². The molecule has 0 bridgehead atoms. The van der Waals surface area contributed by atoms with Crippen molar-refractivity contribution in [3.8, 4) is 0 Å². The highest BCUT2D eigenvalue weighted by molar-refractivity contribution is 6.30. The molecule has 4 rings (SSSR count). The van der Waals surface area contributed by atoms with Crippen molar-refractivity contribution in [1.29, 1.82) is 0 Å². The highest BCUT2D eigenvalue weighted by Gasteiger charge is 2.35. The van der Waals surface area contributed by atoms with Crippen molar-refractivity contribution >= 4 is 11.6 Å². The van der Waals surface area contributed by atoms with Crippen LogP contribution in [0, 0.1) is 5.82 Å². The molecule has 2 aliphatic rings. The Bertz CT molecular complexity index is 827. The number of hydrogen-bond acceptors (Lipinski definition) is 2. The Kier molecular flexibility index (Phi) is 4.47. The van der Waals surface area contributed by atoms with Crippen LogP contribution in [0.15, 0.2) is 18.2 Å². The van der Waals surface area contributed by atoms with Gasteiger partial charge in [-0.15, -0.1) is 0 Å². The van der Waals surface area contributed by atoms with E-state index >= 15 is 0 Å². The molecule has 26 heavy (non-hydrogen) atoms. The standard InChI is InChI=1S/C18H18ClF4N3/c19-16-15-14(24-7-8-26(15)17(25-16)11-3-4-11)6-2-10-1-5-12(13(20)9-10)18(21,22)23/h1,5,9,11,14,24H,2-4,6-8H2. The van der Waals surface area contributed by atoms with Crippen molar-refractivity contribution in [2.24, 2.45) is 0 Å². The van der Waals surface area contributed by atoms with Gasteiger partial charge >= 0.3 is 6.18 Å². The number of nitrogens with one attached hydrogen (secondary N) is 1. The van der Waals surface area contributed by atoms with Crippen LogP contribution in [-0.4, -0.2) is 16.1 Å². The molecule has 3 nitrogen and oxygen atoms in total. The number of hydrogen-bond donors (Lipinski definition) is 1. The third kappa shape index (κ3) is 3.34. The first-order chi connectivity index (χ1) is 12.3. The molecule has 2 aromatic rings. The zero-order valence-corrected chi connectivity index (χ0v) is 14.7. The lowest BCUT2D eigenvalue weighted by Gasteiger charge is -2.27. The van der Waals surface area contributed by atoms with Crippen molar-refractivity contribution in [1.82, 2.24) is 14.9 Å². The Morgan fingerprint density at radius 3 is 2.69 bits per heavy atom.